The average molecular weight is 316 g/mol. The zero-order valence-corrected chi connectivity index (χ0v) is 13.8. The van der Waals surface area contributed by atoms with E-state index in [2.05, 4.69) is 6.92 Å². The Morgan fingerprint density at radius 3 is 2.52 bits per heavy atom. The molecule has 0 unspecified atom stereocenters. The minimum atomic E-state index is -0.645. The standard InChI is InChI=1S/C19H24O4/c1-18-8-7-13-11(12(18)5-6-15(18)21)4-3-10-9-14(20)16(22)17(23)19(10,13)2/h9,11-13,22-23H,3-8H2,1-2H3/t11-,12-,13-,18-,19-/m0/s1. The van der Waals surface area contributed by atoms with Gasteiger partial charge in [0.1, 0.15) is 11.5 Å². The van der Waals surface area contributed by atoms with Crippen LogP contribution in [-0.4, -0.2) is 21.8 Å². The summed E-state index contributed by atoms with van der Waals surface area (Å²) in [6.45, 7) is 4.08. The molecule has 4 rings (SSSR count). The number of aliphatic hydroxyl groups is 2. The summed E-state index contributed by atoms with van der Waals surface area (Å²) in [6, 6.07) is 0. The van der Waals surface area contributed by atoms with Crippen molar-refractivity contribution in [1.82, 2.24) is 0 Å². The molecular weight excluding hydrogens is 292 g/mol. The molecule has 4 aliphatic carbocycles. The summed E-state index contributed by atoms with van der Waals surface area (Å²) in [6.07, 6.45) is 6.60. The molecule has 124 valence electrons. The quantitative estimate of drug-likeness (QED) is 0.715. The summed E-state index contributed by atoms with van der Waals surface area (Å²) in [4.78, 5) is 24.2. The van der Waals surface area contributed by atoms with Gasteiger partial charge < -0.3 is 10.2 Å². The van der Waals surface area contributed by atoms with Crippen LogP contribution in [0.2, 0.25) is 0 Å². The molecule has 0 radical (unpaired) electrons. The summed E-state index contributed by atoms with van der Waals surface area (Å²) in [5.74, 6) is 0.223. The first-order chi connectivity index (χ1) is 10.8. The molecule has 0 aromatic rings. The Morgan fingerprint density at radius 2 is 1.78 bits per heavy atom. The lowest BCUT2D eigenvalue weighted by Crippen LogP contribution is -2.51. The largest absolute Gasteiger partial charge is 0.507 e. The number of Topliss-reactive ketones (excluding diaryl/α,β-unsaturated/α-hetero) is 1. The molecule has 0 amide bonds. The Balaban J connectivity index is 1.78. The second kappa shape index (κ2) is 4.49. The first kappa shape index (κ1) is 15.0. The van der Waals surface area contributed by atoms with Crippen molar-refractivity contribution in [1.29, 1.82) is 0 Å². The van der Waals surface area contributed by atoms with Crippen molar-refractivity contribution < 1.29 is 19.8 Å². The van der Waals surface area contributed by atoms with Crippen LogP contribution >= 0.6 is 0 Å². The summed E-state index contributed by atoms with van der Waals surface area (Å²) in [5.41, 5.74) is 0.102. The van der Waals surface area contributed by atoms with Crippen LogP contribution in [-0.2, 0) is 9.59 Å². The number of hydrogen-bond donors (Lipinski definition) is 2. The van der Waals surface area contributed by atoms with Crippen LogP contribution in [0.3, 0.4) is 0 Å². The molecule has 5 atom stereocenters. The van der Waals surface area contributed by atoms with Crippen molar-refractivity contribution >= 4 is 11.6 Å². The van der Waals surface area contributed by atoms with E-state index in [0.29, 0.717) is 24.0 Å². The van der Waals surface area contributed by atoms with Crippen LogP contribution in [0.4, 0.5) is 0 Å². The highest BCUT2D eigenvalue weighted by Gasteiger charge is 2.60. The normalized spacial score (nSPS) is 46.2. The Morgan fingerprint density at radius 1 is 1.04 bits per heavy atom. The minimum absolute atomic E-state index is 0.150. The minimum Gasteiger partial charge on any atom is -0.507 e. The number of carbonyl (C=O) groups is 2. The predicted octanol–water partition coefficient (Wildman–Crippen LogP) is 3.63. The fraction of sp³-hybridized carbons (Fsp3) is 0.684. The number of aliphatic hydroxyl groups excluding tert-OH is 2. The molecule has 4 nitrogen and oxygen atoms in total. The van der Waals surface area contributed by atoms with E-state index in [0.717, 1.165) is 37.7 Å². The smallest absolute Gasteiger partial charge is 0.223 e. The fourth-order valence-corrected chi connectivity index (χ4v) is 6.14. The lowest BCUT2D eigenvalue weighted by atomic mass is 9.48. The summed E-state index contributed by atoms with van der Waals surface area (Å²) >= 11 is 0. The van der Waals surface area contributed by atoms with Crippen molar-refractivity contribution in [2.24, 2.45) is 28.6 Å². The molecule has 0 heterocycles. The van der Waals surface area contributed by atoms with Gasteiger partial charge in [0.05, 0.1) is 5.41 Å². The van der Waals surface area contributed by atoms with Crippen LogP contribution in [0, 0.1) is 28.6 Å². The lowest BCUT2D eigenvalue weighted by molar-refractivity contribution is -0.132. The van der Waals surface area contributed by atoms with Crippen molar-refractivity contribution in [3.8, 4) is 0 Å². The third-order valence-electron chi connectivity index (χ3n) is 7.56. The van der Waals surface area contributed by atoms with Gasteiger partial charge in [-0.2, -0.15) is 0 Å². The van der Waals surface area contributed by atoms with Crippen molar-refractivity contribution in [3.63, 3.8) is 0 Å². The zero-order valence-electron chi connectivity index (χ0n) is 13.8. The van der Waals surface area contributed by atoms with Gasteiger partial charge in [0.15, 0.2) is 0 Å². The molecule has 4 heteroatoms. The highest BCUT2D eigenvalue weighted by molar-refractivity contribution is 6.04. The van der Waals surface area contributed by atoms with Crippen molar-refractivity contribution in [2.75, 3.05) is 0 Å². The molecule has 3 fully saturated rings. The second-order valence-corrected chi connectivity index (χ2v) is 8.27. The maximum atomic E-state index is 12.4. The van der Waals surface area contributed by atoms with Crippen LogP contribution in [0.5, 0.6) is 0 Å². The van der Waals surface area contributed by atoms with Crippen LogP contribution < -0.4 is 0 Å². The van der Waals surface area contributed by atoms with Gasteiger partial charge in [-0.15, -0.1) is 0 Å². The Bertz CT molecular complexity index is 673. The number of allylic oxidation sites excluding steroid dienone is 2. The van der Waals surface area contributed by atoms with E-state index in [1.54, 1.807) is 0 Å². The summed E-state index contributed by atoms with van der Waals surface area (Å²) in [7, 11) is 0. The first-order valence-electron chi connectivity index (χ1n) is 8.71. The number of rotatable bonds is 0. The fourth-order valence-electron chi connectivity index (χ4n) is 6.14. The van der Waals surface area contributed by atoms with Crippen molar-refractivity contribution in [2.45, 2.75) is 52.4 Å². The van der Waals surface area contributed by atoms with Crippen LogP contribution in [0.15, 0.2) is 23.2 Å². The lowest BCUT2D eigenvalue weighted by Gasteiger charge is -2.56. The molecule has 0 aromatic heterocycles. The monoisotopic (exact) mass is 316 g/mol. The highest BCUT2D eigenvalue weighted by atomic mass is 16.3. The molecule has 0 aliphatic heterocycles. The third-order valence-corrected chi connectivity index (χ3v) is 7.56. The van der Waals surface area contributed by atoms with E-state index < -0.39 is 17.0 Å². The molecule has 0 spiro atoms. The van der Waals surface area contributed by atoms with Gasteiger partial charge in [-0.1, -0.05) is 12.5 Å². The van der Waals surface area contributed by atoms with Gasteiger partial charge in [-0.3, -0.25) is 9.59 Å². The molecule has 2 N–H and O–H groups in total. The molecule has 0 bridgehead atoms. The Labute approximate surface area is 136 Å². The second-order valence-electron chi connectivity index (χ2n) is 8.27. The van der Waals surface area contributed by atoms with Gasteiger partial charge in [0, 0.05) is 11.8 Å². The number of hydrogen-bond acceptors (Lipinski definition) is 4. The highest BCUT2D eigenvalue weighted by Crippen LogP contribution is 2.64. The summed E-state index contributed by atoms with van der Waals surface area (Å²) < 4.78 is 0. The number of ketones is 2. The van der Waals surface area contributed by atoms with Crippen LogP contribution in [0.1, 0.15) is 52.4 Å². The molecule has 0 saturated heterocycles. The van der Waals surface area contributed by atoms with E-state index in [1.807, 2.05) is 6.92 Å². The van der Waals surface area contributed by atoms with Crippen LogP contribution in [0.25, 0.3) is 0 Å². The predicted molar refractivity (Wildman–Crippen MR) is 84.8 cm³/mol. The van der Waals surface area contributed by atoms with Gasteiger partial charge in [-0.05, 0) is 62.9 Å². The van der Waals surface area contributed by atoms with E-state index in [9.17, 15) is 19.8 Å². The average Bonchev–Trinajstić information content (AvgIpc) is 2.83. The zero-order chi connectivity index (χ0) is 16.6. The maximum Gasteiger partial charge on any atom is 0.223 e. The van der Waals surface area contributed by atoms with Gasteiger partial charge in [0.2, 0.25) is 11.5 Å². The Hall–Kier alpha value is -1.58. The van der Waals surface area contributed by atoms with E-state index in [-0.39, 0.29) is 17.1 Å². The van der Waals surface area contributed by atoms with E-state index in [1.165, 1.54) is 6.08 Å². The van der Waals surface area contributed by atoms with E-state index >= 15 is 0 Å². The first-order valence-corrected chi connectivity index (χ1v) is 8.71. The molecule has 0 aromatic carbocycles. The van der Waals surface area contributed by atoms with Gasteiger partial charge in [-0.25, -0.2) is 0 Å². The summed E-state index contributed by atoms with van der Waals surface area (Å²) in [5, 5.41) is 20.6. The van der Waals surface area contributed by atoms with E-state index in [4.69, 9.17) is 0 Å². The van der Waals surface area contributed by atoms with Gasteiger partial charge in [0.25, 0.3) is 0 Å². The van der Waals surface area contributed by atoms with Crippen molar-refractivity contribution in [3.05, 3.63) is 23.2 Å². The number of carbonyl (C=O) groups excluding carboxylic acids is 2. The third kappa shape index (κ3) is 1.67. The maximum absolute atomic E-state index is 12.4. The number of fused-ring (bicyclic) bond motifs is 5. The topological polar surface area (TPSA) is 74.6 Å². The SMILES string of the molecule is C[C@@]12C(=CC(=O)C(O)=C1O)CC[C@@H]1[C@@H]2CC[C@]2(C)C(=O)CC[C@@H]12. The molecule has 23 heavy (non-hydrogen) atoms. The molecule has 4 aliphatic rings. The molecule has 3 saturated carbocycles. The van der Waals surface area contributed by atoms with Gasteiger partial charge >= 0.3 is 0 Å². The molecular formula is C19H24O4. The Kier molecular flexibility index (Phi) is 2.92.